The predicted molar refractivity (Wildman–Crippen MR) is 171 cm³/mol. The number of aromatic nitrogens is 6. The van der Waals surface area contributed by atoms with Crippen LogP contribution in [0.25, 0.3) is 44.6 Å². The largest absolute Gasteiger partial charge is 0.364 e. The molecular weight excluding hydrogens is 770 g/mol. The van der Waals surface area contributed by atoms with E-state index in [2.05, 4.69) is 76.5 Å². The molecule has 0 unspecified atom stereocenters. The van der Waals surface area contributed by atoms with Gasteiger partial charge >= 0.3 is 0 Å². The number of H-pyrrole nitrogens is 1. The molecule has 206 valence electrons. The van der Waals surface area contributed by atoms with Crippen molar-refractivity contribution in [3.05, 3.63) is 98.0 Å². The molecule has 0 saturated heterocycles. The molecule has 13 heteroatoms. The summed E-state index contributed by atoms with van der Waals surface area (Å²) in [6.07, 6.45) is 6.66. The fourth-order valence-electron chi connectivity index (χ4n) is 4.27. The van der Waals surface area contributed by atoms with Gasteiger partial charge < -0.3 is 14.0 Å². The zero-order chi connectivity index (χ0) is 28.7. The van der Waals surface area contributed by atoms with Gasteiger partial charge in [-0.25, -0.2) is 22.4 Å². The van der Waals surface area contributed by atoms with Crippen molar-refractivity contribution < 1.29 is 17.5 Å². The molecule has 0 spiro atoms. The van der Waals surface area contributed by atoms with Gasteiger partial charge in [-0.2, -0.15) is 0 Å². The van der Waals surface area contributed by atoms with Gasteiger partial charge in [-0.05, 0) is 95.4 Å². The van der Waals surface area contributed by atoms with Crippen molar-refractivity contribution >= 4 is 77.3 Å². The summed E-state index contributed by atoms with van der Waals surface area (Å²) in [6.45, 7) is 3.72. The van der Waals surface area contributed by atoms with Gasteiger partial charge in [-0.3, -0.25) is 0 Å². The zero-order valence-electron chi connectivity index (χ0n) is 21.5. The Hall–Kier alpha value is -3.57. The standard InChI is InChI=1S/C17H12IN3O3S.C11H8IN3O/c1-11-14(10-24-20-11)16-8-7-13-15(18)9-21(17(13)19-16)25(22,23)12-5-3-2-4-6-12;1-6-8(5-16-15-6)10-3-2-7-9(12)4-13-11(7)14-10/h2-10H,1H3;2-5H,1H3,(H,13,14). The minimum Gasteiger partial charge on any atom is -0.364 e. The number of halogens is 2. The molecule has 0 atom stereocenters. The first-order valence-corrected chi connectivity index (χ1v) is 15.8. The predicted octanol–water partition coefficient (Wildman–Crippen LogP) is 6.97. The van der Waals surface area contributed by atoms with Crippen molar-refractivity contribution in [2.24, 2.45) is 0 Å². The van der Waals surface area contributed by atoms with Crippen LogP contribution in [0.1, 0.15) is 11.4 Å². The number of rotatable bonds is 4. The Morgan fingerprint density at radius 1 is 0.780 bits per heavy atom. The molecule has 1 N–H and O–H groups in total. The van der Waals surface area contributed by atoms with E-state index >= 15 is 0 Å². The molecule has 0 amide bonds. The van der Waals surface area contributed by atoms with Crippen LogP contribution in [0.5, 0.6) is 0 Å². The van der Waals surface area contributed by atoms with Crippen molar-refractivity contribution in [2.75, 3.05) is 0 Å². The molecule has 6 heterocycles. The molecule has 0 aliphatic heterocycles. The summed E-state index contributed by atoms with van der Waals surface area (Å²) in [6, 6.07) is 16.1. The Kier molecular flexibility index (Phi) is 7.41. The van der Waals surface area contributed by atoms with Gasteiger partial charge in [0.25, 0.3) is 10.0 Å². The van der Waals surface area contributed by atoms with Crippen LogP contribution in [0.15, 0.2) is 93.5 Å². The molecule has 0 fully saturated rings. The van der Waals surface area contributed by atoms with Crippen LogP contribution < -0.4 is 0 Å². The van der Waals surface area contributed by atoms with Crippen molar-refractivity contribution in [2.45, 2.75) is 18.7 Å². The average molecular weight is 790 g/mol. The number of nitrogens with zero attached hydrogens (tertiary/aromatic N) is 5. The van der Waals surface area contributed by atoms with E-state index in [0.29, 0.717) is 17.0 Å². The highest BCUT2D eigenvalue weighted by molar-refractivity contribution is 14.1. The maximum absolute atomic E-state index is 13.0. The summed E-state index contributed by atoms with van der Waals surface area (Å²) in [5.41, 5.74) is 6.00. The SMILES string of the molecule is Cc1nocc1-c1ccc2c(I)c[nH]c2n1.Cc1nocc1-c1ccc2c(I)cn(S(=O)(=O)c3ccccc3)c2n1. The highest BCUT2D eigenvalue weighted by atomic mass is 127. The fraction of sp³-hybridized carbons (Fsp3) is 0.0714. The van der Waals surface area contributed by atoms with E-state index in [1.54, 1.807) is 42.8 Å². The number of hydrogen-bond acceptors (Lipinski definition) is 8. The molecule has 0 radical (unpaired) electrons. The molecule has 0 saturated carbocycles. The van der Waals surface area contributed by atoms with Gasteiger partial charge in [0.15, 0.2) is 5.65 Å². The smallest absolute Gasteiger partial charge is 0.269 e. The van der Waals surface area contributed by atoms with E-state index < -0.39 is 10.0 Å². The second-order valence-corrected chi connectivity index (χ2v) is 13.2. The van der Waals surface area contributed by atoms with Crippen LogP contribution in [0.3, 0.4) is 0 Å². The highest BCUT2D eigenvalue weighted by Gasteiger charge is 2.22. The number of nitrogens with one attached hydrogen (secondary N) is 1. The lowest BCUT2D eigenvalue weighted by Crippen LogP contribution is -2.12. The number of aromatic amines is 1. The third-order valence-electron chi connectivity index (χ3n) is 6.41. The van der Waals surface area contributed by atoms with Crippen molar-refractivity contribution in [3.8, 4) is 22.5 Å². The van der Waals surface area contributed by atoms with Crippen LogP contribution in [0.4, 0.5) is 0 Å². The topological polar surface area (TPSA) is 133 Å². The van der Waals surface area contributed by atoms with Crippen LogP contribution >= 0.6 is 45.2 Å². The van der Waals surface area contributed by atoms with E-state index in [1.807, 2.05) is 38.2 Å². The van der Waals surface area contributed by atoms with Gasteiger partial charge in [0, 0.05) is 30.3 Å². The number of benzene rings is 1. The maximum Gasteiger partial charge on any atom is 0.269 e. The Labute approximate surface area is 261 Å². The maximum atomic E-state index is 13.0. The van der Waals surface area contributed by atoms with Gasteiger partial charge in [-0.15, -0.1) is 0 Å². The average Bonchev–Trinajstić information content (AvgIpc) is 3.77. The van der Waals surface area contributed by atoms with Crippen molar-refractivity contribution in [3.63, 3.8) is 0 Å². The molecule has 0 aliphatic rings. The van der Waals surface area contributed by atoms with E-state index in [4.69, 9.17) is 9.05 Å². The van der Waals surface area contributed by atoms with E-state index in [0.717, 1.165) is 42.5 Å². The molecule has 7 aromatic rings. The second-order valence-electron chi connectivity index (χ2n) is 9.02. The third-order valence-corrected chi connectivity index (χ3v) is 9.83. The van der Waals surface area contributed by atoms with Crippen molar-refractivity contribution in [1.29, 1.82) is 0 Å². The number of hydrogen-bond donors (Lipinski definition) is 1. The summed E-state index contributed by atoms with van der Waals surface area (Å²) < 4.78 is 39.1. The Balaban J connectivity index is 0.000000162. The number of aryl methyl sites for hydroxylation is 2. The summed E-state index contributed by atoms with van der Waals surface area (Å²) in [5.74, 6) is 0. The quantitative estimate of drug-likeness (QED) is 0.189. The van der Waals surface area contributed by atoms with Crippen LogP contribution in [-0.2, 0) is 10.0 Å². The van der Waals surface area contributed by atoms with E-state index in [1.165, 1.54) is 13.8 Å². The Bertz CT molecular complexity index is 2130. The molecule has 41 heavy (non-hydrogen) atoms. The Morgan fingerprint density at radius 2 is 1.39 bits per heavy atom. The summed E-state index contributed by atoms with van der Waals surface area (Å²) in [5, 5.41) is 9.62. The first-order valence-electron chi connectivity index (χ1n) is 12.2. The lowest BCUT2D eigenvalue weighted by Gasteiger charge is -2.07. The monoisotopic (exact) mass is 790 g/mol. The highest BCUT2D eigenvalue weighted by Crippen LogP contribution is 2.30. The summed E-state index contributed by atoms with van der Waals surface area (Å²) in [7, 11) is -3.73. The number of fused-ring (bicyclic) bond motifs is 2. The second kappa shape index (κ2) is 11.0. The molecular formula is C28H20I2N6O4S. The lowest BCUT2D eigenvalue weighted by atomic mass is 10.1. The van der Waals surface area contributed by atoms with Crippen molar-refractivity contribution in [1.82, 2.24) is 29.2 Å². The normalized spacial score (nSPS) is 11.6. The molecule has 10 nitrogen and oxygen atoms in total. The first kappa shape index (κ1) is 27.6. The van der Waals surface area contributed by atoms with Crippen LogP contribution in [0.2, 0.25) is 0 Å². The molecule has 6 aromatic heterocycles. The minimum atomic E-state index is -3.73. The summed E-state index contributed by atoms with van der Waals surface area (Å²) >= 11 is 4.40. The molecule has 7 rings (SSSR count). The van der Waals surface area contributed by atoms with Crippen LogP contribution in [-0.4, -0.2) is 37.7 Å². The molecule has 0 bridgehead atoms. The molecule has 1 aromatic carbocycles. The first-order chi connectivity index (χ1) is 19.7. The van der Waals surface area contributed by atoms with E-state index in [9.17, 15) is 8.42 Å². The van der Waals surface area contributed by atoms with E-state index in [-0.39, 0.29) is 4.90 Å². The summed E-state index contributed by atoms with van der Waals surface area (Å²) in [4.78, 5) is 12.5. The third kappa shape index (κ3) is 5.17. The lowest BCUT2D eigenvalue weighted by molar-refractivity contribution is 0.415. The number of pyridine rings is 2. The van der Waals surface area contributed by atoms with Gasteiger partial charge in [0.05, 0.1) is 38.8 Å². The van der Waals surface area contributed by atoms with Gasteiger partial charge in [0.2, 0.25) is 0 Å². The fourth-order valence-corrected chi connectivity index (χ4v) is 7.09. The van der Waals surface area contributed by atoms with Gasteiger partial charge in [0.1, 0.15) is 18.2 Å². The van der Waals surface area contributed by atoms with Gasteiger partial charge in [-0.1, -0.05) is 28.5 Å². The molecule has 0 aliphatic carbocycles. The zero-order valence-corrected chi connectivity index (χ0v) is 26.7. The van der Waals surface area contributed by atoms with Crippen LogP contribution in [0, 0.1) is 21.0 Å². The minimum absolute atomic E-state index is 0.219. The Morgan fingerprint density at radius 3 is 2.00 bits per heavy atom.